The van der Waals surface area contributed by atoms with Crippen LogP contribution in [0.3, 0.4) is 0 Å². The Morgan fingerprint density at radius 3 is 2.78 bits per heavy atom. The maximum Gasteiger partial charge on any atom is 0.172 e. The van der Waals surface area contributed by atoms with Gasteiger partial charge in [-0.15, -0.1) is 0 Å². The van der Waals surface area contributed by atoms with Gasteiger partial charge in [0.1, 0.15) is 6.17 Å². The van der Waals surface area contributed by atoms with Gasteiger partial charge in [0.05, 0.1) is 13.2 Å². The predicted octanol–water partition coefficient (Wildman–Crippen LogP) is 4.70. The molecule has 0 bridgehead atoms. The van der Waals surface area contributed by atoms with E-state index in [1.54, 1.807) is 16.7 Å². The van der Waals surface area contributed by atoms with Gasteiger partial charge >= 0.3 is 0 Å². The van der Waals surface area contributed by atoms with Crippen LogP contribution in [0.2, 0.25) is 0 Å². The summed E-state index contributed by atoms with van der Waals surface area (Å²) in [6.45, 7) is 3.68. The molecule has 1 saturated heterocycles. The first-order valence-electron chi connectivity index (χ1n) is 9.45. The smallest absolute Gasteiger partial charge is 0.172 e. The molecule has 0 amide bonds. The molecule has 0 N–H and O–H groups in total. The minimum Gasteiger partial charge on any atom is -0.347 e. The van der Waals surface area contributed by atoms with Crippen LogP contribution in [0, 0.1) is 17.3 Å². The van der Waals surface area contributed by atoms with Gasteiger partial charge in [0.2, 0.25) is 0 Å². The topological polar surface area (TPSA) is 18.5 Å². The van der Waals surface area contributed by atoms with Crippen molar-refractivity contribution >= 4 is 0 Å². The molecule has 3 unspecified atom stereocenters. The number of hydrogen-bond acceptors (Lipinski definition) is 2. The second-order valence-electron chi connectivity index (χ2n) is 8.53. The highest BCUT2D eigenvalue weighted by Gasteiger charge is 2.54. The maximum atomic E-state index is 14.5. The molecule has 3 heteroatoms. The van der Waals surface area contributed by atoms with Crippen LogP contribution in [-0.4, -0.2) is 25.2 Å². The molecule has 1 heterocycles. The lowest BCUT2D eigenvalue weighted by molar-refractivity contribution is -0.164. The summed E-state index contributed by atoms with van der Waals surface area (Å²) in [6, 6.07) is 0. The zero-order valence-corrected chi connectivity index (χ0v) is 14.1. The van der Waals surface area contributed by atoms with Gasteiger partial charge in [0, 0.05) is 18.3 Å². The first kappa shape index (κ1) is 14.7. The van der Waals surface area contributed by atoms with Crippen molar-refractivity contribution in [2.24, 2.45) is 17.3 Å². The summed E-state index contributed by atoms with van der Waals surface area (Å²) < 4.78 is 26.3. The summed E-state index contributed by atoms with van der Waals surface area (Å²) in [5, 5.41) is 0. The van der Waals surface area contributed by atoms with Gasteiger partial charge in [-0.05, 0) is 61.5 Å². The van der Waals surface area contributed by atoms with Gasteiger partial charge in [-0.25, -0.2) is 4.39 Å². The van der Waals surface area contributed by atoms with E-state index in [2.05, 4.69) is 13.0 Å². The van der Waals surface area contributed by atoms with E-state index >= 15 is 0 Å². The van der Waals surface area contributed by atoms with Gasteiger partial charge < -0.3 is 9.47 Å². The summed E-state index contributed by atoms with van der Waals surface area (Å²) in [5.74, 6) is 0.849. The van der Waals surface area contributed by atoms with Crippen molar-refractivity contribution in [3.8, 4) is 0 Å². The molecule has 0 radical (unpaired) electrons. The minimum absolute atomic E-state index is 0.0974. The van der Waals surface area contributed by atoms with Crippen LogP contribution in [0.25, 0.3) is 0 Å². The third-order valence-electron chi connectivity index (χ3n) is 7.53. The van der Waals surface area contributed by atoms with Crippen LogP contribution in [0.5, 0.6) is 0 Å². The van der Waals surface area contributed by atoms with Crippen LogP contribution >= 0.6 is 0 Å². The molecule has 126 valence electrons. The number of ether oxygens (including phenoxy) is 2. The lowest BCUT2D eigenvalue weighted by Gasteiger charge is -2.47. The van der Waals surface area contributed by atoms with Crippen molar-refractivity contribution in [3.63, 3.8) is 0 Å². The second-order valence-corrected chi connectivity index (χ2v) is 8.53. The fourth-order valence-corrected chi connectivity index (χ4v) is 6.23. The van der Waals surface area contributed by atoms with Crippen molar-refractivity contribution in [1.29, 1.82) is 0 Å². The third kappa shape index (κ3) is 1.99. The Kier molecular flexibility index (Phi) is 3.13. The minimum atomic E-state index is -0.601. The van der Waals surface area contributed by atoms with E-state index in [0.717, 1.165) is 58.2 Å². The zero-order chi connectivity index (χ0) is 15.7. The van der Waals surface area contributed by atoms with E-state index in [-0.39, 0.29) is 11.2 Å². The molecule has 0 aromatic rings. The Hall–Kier alpha value is -0.670. The molecule has 2 nitrogen and oxygen atoms in total. The zero-order valence-electron chi connectivity index (χ0n) is 14.1. The summed E-state index contributed by atoms with van der Waals surface area (Å²) in [4.78, 5) is 0. The number of hydrogen-bond donors (Lipinski definition) is 0. The highest BCUT2D eigenvalue weighted by atomic mass is 19.1. The highest BCUT2D eigenvalue weighted by Crippen LogP contribution is 2.60. The first-order chi connectivity index (χ1) is 11.1. The number of fused-ring (bicyclic) bond motifs is 4. The molecule has 4 atom stereocenters. The molecule has 1 aliphatic heterocycles. The number of alkyl halides is 1. The Labute approximate surface area is 138 Å². The van der Waals surface area contributed by atoms with Crippen LogP contribution in [0.15, 0.2) is 22.8 Å². The quantitative estimate of drug-likeness (QED) is 0.644. The molecule has 5 aliphatic rings. The molecule has 0 aromatic heterocycles. The average Bonchev–Trinajstić information content (AvgIpc) is 3.12. The maximum absolute atomic E-state index is 14.5. The van der Waals surface area contributed by atoms with Crippen LogP contribution in [-0.2, 0) is 9.47 Å². The molecule has 23 heavy (non-hydrogen) atoms. The van der Waals surface area contributed by atoms with Crippen molar-refractivity contribution in [2.75, 3.05) is 13.2 Å². The highest BCUT2D eigenvalue weighted by molar-refractivity contribution is 5.44. The van der Waals surface area contributed by atoms with Gasteiger partial charge in [0.25, 0.3) is 0 Å². The van der Waals surface area contributed by atoms with Gasteiger partial charge in [0.15, 0.2) is 5.79 Å². The van der Waals surface area contributed by atoms with Crippen molar-refractivity contribution in [1.82, 2.24) is 0 Å². The summed E-state index contributed by atoms with van der Waals surface area (Å²) in [5.41, 5.74) is 4.64. The lowest BCUT2D eigenvalue weighted by atomic mass is 9.58. The standard InChI is InChI=1S/C20H27FO2/c1-19-8-6-15-14-7-9-20(22-10-11-23-20)12-13(14)2-3-16(15)17(19)4-5-18(19)21/h6,16-18H,2-5,7-12H2,1H3/t16?,17?,18-,19?/m1/s1. The molecule has 4 aliphatic carbocycles. The van der Waals surface area contributed by atoms with Gasteiger partial charge in [-0.3, -0.25) is 0 Å². The summed E-state index contributed by atoms with van der Waals surface area (Å²) in [7, 11) is 0. The van der Waals surface area contributed by atoms with Crippen LogP contribution in [0.4, 0.5) is 4.39 Å². The summed E-state index contributed by atoms with van der Waals surface area (Å²) >= 11 is 0. The van der Waals surface area contributed by atoms with E-state index in [1.165, 1.54) is 6.42 Å². The van der Waals surface area contributed by atoms with E-state index in [9.17, 15) is 4.39 Å². The molecular formula is C20H27FO2. The lowest BCUT2D eigenvalue weighted by Crippen LogP contribution is -2.41. The third-order valence-corrected chi connectivity index (χ3v) is 7.53. The van der Waals surface area contributed by atoms with Crippen molar-refractivity contribution < 1.29 is 13.9 Å². The predicted molar refractivity (Wildman–Crippen MR) is 86.7 cm³/mol. The van der Waals surface area contributed by atoms with Crippen molar-refractivity contribution in [2.45, 2.75) is 70.2 Å². The largest absolute Gasteiger partial charge is 0.347 e. The fourth-order valence-electron chi connectivity index (χ4n) is 6.23. The molecule has 1 spiro atoms. The summed E-state index contributed by atoms with van der Waals surface area (Å²) in [6.07, 6.45) is 9.98. The van der Waals surface area contributed by atoms with E-state index < -0.39 is 6.17 Å². The normalized spacial score (nSPS) is 44.8. The molecule has 1 saturated carbocycles. The molecule has 2 fully saturated rings. The first-order valence-corrected chi connectivity index (χ1v) is 9.45. The van der Waals surface area contributed by atoms with E-state index in [1.807, 2.05) is 0 Å². The molecule has 0 aromatic carbocycles. The molecule has 5 rings (SSSR count). The monoisotopic (exact) mass is 318 g/mol. The van der Waals surface area contributed by atoms with Crippen molar-refractivity contribution in [3.05, 3.63) is 22.8 Å². The Morgan fingerprint density at radius 2 is 1.96 bits per heavy atom. The Morgan fingerprint density at radius 1 is 1.13 bits per heavy atom. The Bertz CT molecular complexity index is 586. The van der Waals surface area contributed by atoms with E-state index in [4.69, 9.17) is 9.47 Å². The average molecular weight is 318 g/mol. The fraction of sp³-hybridized carbons (Fsp3) is 0.800. The Balaban J connectivity index is 1.48. The van der Waals surface area contributed by atoms with E-state index in [0.29, 0.717) is 11.8 Å². The SMILES string of the molecule is CC12CC=C3C4=C(CCC3C1CC[C@H]2F)CC1(CC4)OCCO1. The van der Waals surface area contributed by atoms with Gasteiger partial charge in [-0.2, -0.15) is 0 Å². The molecular weight excluding hydrogens is 291 g/mol. The second kappa shape index (κ2) is 4.92. The number of halogens is 1. The van der Waals surface area contributed by atoms with Crippen LogP contribution in [0.1, 0.15) is 58.3 Å². The van der Waals surface area contributed by atoms with Crippen LogP contribution < -0.4 is 0 Å². The van der Waals surface area contributed by atoms with Gasteiger partial charge in [-0.1, -0.05) is 18.6 Å². The number of allylic oxidation sites excluding steroid dienone is 3. The number of rotatable bonds is 0.